The first-order valence-electron chi connectivity index (χ1n) is 10.3. The van der Waals surface area contributed by atoms with E-state index in [0.717, 1.165) is 25.7 Å². The molecule has 0 aliphatic rings. The summed E-state index contributed by atoms with van der Waals surface area (Å²) in [5.74, 6) is -0.0634. The van der Waals surface area contributed by atoms with E-state index >= 15 is 0 Å². The molecule has 0 aromatic rings. The zero-order chi connectivity index (χ0) is 20.2. The highest BCUT2D eigenvalue weighted by atomic mass is 16.5. The van der Waals surface area contributed by atoms with Gasteiger partial charge in [0.15, 0.2) is 0 Å². The molecule has 0 rings (SSSR count). The lowest BCUT2D eigenvalue weighted by atomic mass is 10.0. The van der Waals surface area contributed by atoms with Crippen LogP contribution in [0.3, 0.4) is 0 Å². The number of ether oxygens (including phenoxy) is 2. The van der Waals surface area contributed by atoms with Crippen LogP contribution in [0.1, 0.15) is 91.9 Å². The van der Waals surface area contributed by atoms with E-state index in [1.54, 1.807) is 6.08 Å². The van der Waals surface area contributed by atoms with E-state index in [4.69, 9.17) is 4.74 Å². The molecule has 0 amide bonds. The van der Waals surface area contributed by atoms with Crippen LogP contribution < -0.4 is 0 Å². The Kier molecular flexibility index (Phi) is 20.7. The number of methoxy groups -OCH3 is 1. The number of hydrogen-bond donors (Lipinski definition) is 0. The van der Waals surface area contributed by atoms with Crippen molar-refractivity contribution in [2.24, 2.45) is 11.8 Å². The van der Waals surface area contributed by atoms with Gasteiger partial charge in [-0.25, -0.2) is 0 Å². The molecular weight excluding hydrogens is 328 g/mol. The zero-order valence-electron chi connectivity index (χ0n) is 17.9. The van der Waals surface area contributed by atoms with E-state index in [9.17, 15) is 9.59 Å². The molecule has 4 heteroatoms. The third-order valence-corrected chi connectivity index (χ3v) is 4.33. The second-order valence-corrected chi connectivity index (χ2v) is 6.94. The predicted molar refractivity (Wildman–Crippen MR) is 109 cm³/mol. The molecule has 0 saturated heterocycles. The maximum absolute atomic E-state index is 11.3. The Hall–Kier alpha value is -1.32. The number of carbonyl (C=O) groups is 2. The SMILES string of the molecule is C=CCOC(=O)C(C)CCCCCC.CCCCCCC(C)C(=O)OC. The summed E-state index contributed by atoms with van der Waals surface area (Å²) in [6.45, 7) is 12.1. The second kappa shape index (κ2) is 20.0. The van der Waals surface area contributed by atoms with Crippen molar-refractivity contribution in [3.05, 3.63) is 12.7 Å². The molecule has 2 atom stereocenters. The largest absolute Gasteiger partial charge is 0.469 e. The van der Waals surface area contributed by atoms with Crippen molar-refractivity contribution in [3.8, 4) is 0 Å². The maximum atomic E-state index is 11.3. The van der Waals surface area contributed by atoms with Crippen LogP contribution in [-0.4, -0.2) is 25.7 Å². The Morgan fingerprint density at radius 3 is 1.69 bits per heavy atom. The van der Waals surface area contributed by atoms with Crippen molar-refractivity contribution in [1.82, 2.24) is 0 Å². The van der Waals surface area contributed by atoms with Gasteiger partial charge < -0.3 is 9.47 Å². The molecule has 0 radical (unpaired) electrons. The molecular formula is C22H42O4. The predicted octanol–water partition coefficient (Wildman–Crippen LogP) is 6.09. The number of rotatable bonds is 14. The highest BCUT2D eigenvalue weighted by molar-refractivity contribution is 5.72. The molecule has 0 aliphatic carbocycles. The normalized spacial score (nSPS) is 12.3. The topological polar surface area (TPSA) is 52.6 Å². The van der Waals surface area contributed by atoms with Crippen LogP contribution in [0.4, 0.5) is 0 Å². The van der Waals surface area contributed by atoms with E-state index in [2.05, 4.69) is 25.2 Å². The second-order valence-electron chi connectivity index (χ2n) is 6.94. The number of esters is 2. The van der Waals surface area contributed by atoms with E-state index in [1.165, 1.54) is 45.6 Å². The fourth-order valence-electron chi connectivity index (χ4n) is 2.47. The highest BCUT2D eigenvalue weighted by Crippen LogP contribution is 2.12. The summed E-state index contributed by atoms with van der Waals surface area (Å²) >= 11 is 0. The highest BCUT2D eigenvalue weighted by Gasteiger charge is 2.13. The van der Waals surface area contributed by atoms with Gasteiger partial charge in [0.1, 0.15) is 6.61 Å². The van der Waals surface area contributed by atoms with Crippen molar-refractivity contribution in [3.63, 3.8) is 0 Å². The van der Waals surface area contributed by atoms with E-state index in [-0.39, 0.29) is 23.8 Å². The van der Waals surface area contributed by atoms with Crippen LogP contribution in [0, 0.1) is 11.8 Å². The quantitative estimate of drug-likeness (QED) is 0.211. The first-order chi connectivity index (χ1) is 12.4. The minimum atomic E-state index is -0.0959. The molecule has 4 nitrogen and oxygen atoms in total. The van der Waals surface area contributed by atoms with Crippen molar-refractivity contribution < 1.29 is 19.1 Å². The van der Waals surface area contributed by atoms with Gasteiger partial charge in [0.25, 0.3) is 0 Å². The third-order valence-electron chi connectivity index (χ3n) is 4.33. The molecule has 0 saturated carbocycles. The lowest BCUT2D eigenvalue weighted by Crippen LogP contribution is -2.14. The van der Waals surface area contributed by atoms with Gasteiger partial charge in [-0.1, -0.05) is 91.7 Å². The van der Waals surface area contributed by atoms with Crippen LogP contribution in [0.2, 0.25) is 0 Å². The van der Waals surface area contributed by atoms with Crippen molar-refractivity contribution in [1.29, 1.82) is 0 Å². The smallest absolute Gasteiger partial charge is 0.308 e. The van der Waals surface area contributed by atoms with Gasteiger partial charge >= 0.3 is 11.9 Å². The number of carbonyl (C=O) groups excluding carboxylic acids is 2. The average Bonchev–Trinajstić information content (AvgIpc) is 2.66. The third kappa shape index (κ3) is 17.5. The van der Waals surface area contributed by atoms with Crippen LogP contribution in [-0.2, 0) is 19.1 Å². The van der Waals surface area contributed by atoms with Crippen molar-refractivity contribution in [2.45, 2.75) is 91.9 Å². The molecule has 154 valence electrons. The summed E-state index contributed by atoms with van der Waals surface area (Å²) in [6.07, 6.45) is 13.2. The summed E-state index contributed by atoms with van der Waals surface area (Å²) < 4.78 is 9.58. The first kappa shape index (κ1) is 26.9. The van der Waals surface area contributed by atoms with Crippen molar-refractivity contribution in [2.75, 3.05) is 13.7 Å². The van der Waals surface area contributed by atoms with Gasteiger partial charge in [0.2, 0.25) is 0 Å². The Bertz CT molecular complexity index is 352. The standard InChI is InChI=1S/C12H22O2.C10H20O2/c1-4-6-7-8-9-11(3)12(13)14-10-5-2;1-4-5-6-7-8-9(2)10(11)12-3/h5,11H,2,4,6-10H2,1,3H3;9H,4-8H2,1-3H3. The molecule has 26 heavy (non-hydrogen) atoms. The number of unbranched alkanes of at least 4 members (excludes halogenated alkanes) is 6. The van der Waals surface area contributed by atoms with E-state index in [0.29, 0.717) is 6.61 Å². The Morgan fingerprint density at radius 2 is 1.31 bits per heavy atom. The maximum Gasteiger partial charge on any atom is 0.308 e. The van der Waals surface area contributed by atoms with Gasteiger partial charge in [-0.05, 0) is 12.8 Å². The first-order valence-corrected chi connectivity index (χ1v) is 10.3. The zero-order valence-corrected chi connectivity index (χ0v) is 17.9. The van der Waals surface area contributed by atoms with E-state index in [1.807, 2.05) is 13.8 Å². The Labute approximate surface area is 161 Å². The van der Waals surface area contributed by atoms with Crippen LogP contribution >= 0.6 is 0 Å². The lowest BCUT2D eigenvalue weighted by Gasteiger charge is -2.09. The van der Waals surface area contributed by atoms with Gasteiger partial charge in [0.05, 0.1) is 18.9 Å². The number of hydrogen-bond acceptors (Lipinski definition) is 4. The minimum Gasteiger partial charge on any atom is -0.469 e. The Morgan fingerprint density at radius 1 is 0.846 bits per heavy atom. The molecule has 0 heterocycles. The minimum absolute atomic E-state index is 0.0341. The average molecular weight is 371 g/mol. The molecule has 2 unspecified atom stereocenters. The molecule has 0 bridgehead atoms. The van der Waals surface area contributed by atoms with Gasteiger partial charge in [-0.3, -0.25) is 9.59 Å². The lowest BCUT2D eigenvalue weighted by molar-refractivity contribution is -0.147. The fourth-order valence-corrected chi connectivity index (χ4v) is 2.47. The van der Waals surface area contributed by atoms with Crippen molar-refractivity contribution >= 4 is 11.9 Å². The summed E-state index contributed by atoms with van der Waals surface area (Å²) in [5, 5.41) is 0. The summed E-state index contributed by atoms with van der Waals surface area (Å²) in [7, 11) is 1.45. The van der Waals surface area contributed by atoms with Gasteiger partial charge in [-0.2, -0.15) is 0 Å². The molecule has 0 aromatic heterocycles. The fraction of sp³-hybridized carbons (Fsp3) is 0.818. The monoisotopic (exact) mass is 370 g/mol. The molecule has 0 aliphatic heterocycles. The molecule has 0 aromatic carbocycles. The Balaban J connectivity index is 0. The summed E-state index contributed by atoms with van der Waals surface area (Å²) in [6, 6.07) is 0. The molecule has 0 fully saturated rings. The van der Waals surface area contributed by atoms with Gasteiger partial charge in [0, 0.05) is 0 Å². The summed E-state index contributed by atoms with van der Waals surface area (Å²) in [5.41, 5.74) is 0. The summed E-state index contributed by atoms with van der Waals surface area (Å²) in [4.78, 5) is 22.2. The van der Waals surface area contributed by atoms with E-state index < -0.39 is 0 Å². The van der Waals surface area contributed by atoms with Crippen LogP contribution in [0.5, 0.6) is 0 Å². The van der Waals surface area contributed by atoms with Crippen LogP contribution in [0.15, 0.2) is 12.7 Å². The molecule has 0 spiro atoms. The van der Waals surface area contributed by atoms with Crippen LogP contribution in [0.25, 0.3) is 0 Å². The molecule has 0 N–H and O–H groups in total. The van der Waals surface area contributed by atoms with Gasteiger partial charge in [-0.15, -0.1) is 0 Å².